The van der Waals surface area contributed by atoms with Gasteiger partial charge in [-0.15, -0.1) is 0 Å². The Bertz CT molecular complexity index is 882. The van der Waals surface area contributed by atoms with E-state index in [1.807, 2.05) is 12.1 Å². The predicted molar refractivity (Wildman–Crippen MR) is 102 cm³/mol. The van der Waals surface area contributed by atoms with E-state index >= 15 is 0 Å². The van der Waals surface area contributed by atoms with Gasteiger partial charge >= 0.3 is 0 Å². The van der Waals surface area contributed by atoms with Gasteiger partial charge in [-0.2, -0.15) is 0 Å². The Labute approximate surface area is 156 Å². The van der Waals surface area contributed by atoms with Gasteiger partial charge in [-0.25, -0.2) is 9.37 Å². The molecule has 0 saturated carbocycles. The van der Waals surface area contributed by atoms with Gasteiger partial charge in [-0.05, 0) is 35.9 Å². The fraction of sp³-hybridized carbons (Fsp3) is 0.100. The van der Waals surface area contributed by atoms with Crippen molar-refractivity contribution in [2.75, 3.05) is 10.6 Å². The third kappa shape index (κ3) is 5.04. The number of carbonyl (C=O) groups excluding carboxylic acids is 1. The number of carbonyl (C=O) groups is 1. The molecule has 0 bridgehead atoms. The fourth-order valence-corrected chi connectivity index (χ4v) is 2.51. The first-order valence-electron chi connectivity index (χ1n) is 8.08. The van der Waals surface area contributed by atoms with E-state index in [2.05, 4.69) is 15.6 Å². The van der Waals surface area contributed by atoms with E-state index in [9.17, 15) is 9.18 Å². The summed E-state index contributed by atoms with van der Waals surface area (Å²) in [6.45, 7) is 0.358. The molecule has 3 rings (SSSR count). The molecule has 2 N–H and O–H groups in total. The number of nitrogens with zero attached hydrogens (tertiary/aromatic N) is 1. The minimum atomic E-state index is -0.251. The van der Waals surface area contributed by atoms with Crippen molar-refractivity contribution in [1.82, 2.24) is 4.98 Å². The van der Waals surface area contributed by atoms with Gasteiger partial charge < -0.3 is 10.6 Å². The SMILES string of the molecule is O=C(Cc1ccc(Cl)cc1)Nc1ccc(NCc2ccccc2F)cn1. The smallest absolute Gasteiger partial charge is 0.229 e. The second kappa shape index (κ2) is 8.45. The molecule has 1 heterocycles. The number of hydrogen-bond acceptors (Lipinski definition) is 3. The molecular formula is C20H17ClFN3O. The zero-order chi connectivity index (χ0) is 18.4. The maximum absolute atomic E-state index is 13.6. The minimum Gasteiger partial charge on any atom is -0.380 e. The summed E-state index contributed by atoms with van der Waals surface area (Å²) in [5, 5.41) is 6.48. The van der Waals surface area contributed by atoms with E-state index in [1.165, 1.54) is 6.07 Å². The average molecular weight is 370 g/mol. The zero-order valence-electron chi connectivity index (χ0n) is 13.9. The molecule has 1 amide bonds. The summed E-state index contributed by atoms with van der Waals surface area (Å²) in [7, 11) is 0. The van der Waals surface area contributed by atoms with Crippen molar-refractivity contribution < 1.29 is 9.18 Å². The highest BCUT2D eigenvalue weighted by molar-refractivity contribution is 6.30. The molecule has 4 nitrogen and oxygen atoms in total. The van der Waals surface area contributed by atoms with Gasteiger partial charge in [-0.3, -0.25) is 4.79 Å². The van der Waals surface area contributed by atoms with E-state index in [4.69, 9.17) is 11.6 Å². The molecule has 0 aliphatic carbocycles. The van der Waals surface area contributed by atoms with Crippen molar-refractivity contribution in [2.45, 2.75) is 13.0 Å². The highest BCUT2D eigenvalue weighted by Gasteiger charge is 2.06. The van der Waals surface area contributed by atoms with Gasteiger partial charge in [0.2, 0.25) is 5.91 Å². The third-order valence-electron chi connectivity index (χ3n) is 3.75. The summed E-state index contributed by atoms with van der Waals surface area (Å²) in [6, 6.07) is 17.2. The monoisotopic (exact) mass is 369 g/mol. The van der Waals surface area contributed by atoms with Gasteiger partial charge in [0.05, 0.1) is 18.3 Å². The van der Waals surface area contributed by atoms with Crippen molar-refractivity contribution in [3.8, 4) is 0 Å². The Morgan fingerprint density at radius 1 is 1.04 bits per heavy atom. The molecule has 0 fully saturated rings. The molecule has 26 heavy (non-hydrogen) atoms. The molecule has 0 aliphatic rings. The second-order valence-corrected chi connectivity index (χ2v) is 6.16. The summed E-state index contributed by atoms with van der Waals surface area (Å²) in [5.41, 5.74) is 2.19. The minimum absolute atomic E-state index is 0.160. The van der Waals surface area contributed by atoms with Crippen LogP contribution in [-0.2, 0) is 17.8 Å². The van der Waals surface area contributed by atoms with Gasteiger partial charge in [0.1, 0.15) is 11.6 Å². The van der Waals surface area contributed by atoms with Crippen LogP contribution in [0.2, 0.25) is 5.02 Å². The quantitative estimate of drug-likeness (QED) is 0.664. The number of aromatic nitrogens is 1. The number of nitrogens with one attached hydrogen (secondary N) is 2. The number of halogens is 2. The zero-order valence-corrected chi connectivity index (χ0v) is 14.6. The maximum atomic E-state index is 13.6. The molecular weight excluding hydrogens is 353 g/mol. The van der Waals surface area contributed by atoms with Crippen LogP contribution in [0.15, 0.2) is 66.9 Å². The number of pyridine rings is 1. The number of hydrogen-bond donors (Lipinski definition) is 2. The first-order chi connectivity index (χ1) is 12.6. The molecule has 0 radical (unpaired) electrons. The lowest BCUT2D eigenvalue weighted by Crippen LogP contribution is -2.15. The largest absolute Gasteiger partial charge is 0.380 e. The van der Waals surface area contributed by atoms with Crippen molar-refractivity contribution in [2.24, 2.45) is 0 Å². The Hall–Kier alpha value is -2.92. The molecule has 2 aromatic carbocycles. The van der Waals surface area contributed by atoms with E-state index in [0.29, 0.717) is 22.9 Å². The Balaban J connectivity index is 1.53. The summed E-state index contributed by atoms with van der Waals surface area (Å²) in [6.07, 6.45) is 1.84. The molecule has 0 unspecified atom stereocenters. The van der Waals surface area contributed by atoms with E-state index < -0.39 is 0 Å². The van der Waals surface area contributed by atoms with Crippen LogP contribution in [0.1, 0.15) is 11.1 Å². The van der Waals surface area contributed by atoms with Crippen LogP contribution in [0.25, 0.3) is 0 Å². The van der Waals surface area contributed by atoms with Gasteiger partial charge in [-0.1, -0.05) is 41.9 Å². The van der Waals surface area contributed by atoms with E-state index in [0.717, 1.165) is 11.3 Å². The Morgan fingerprint density at radius 2 is 1.81 bits per heavy atom. The first kappa shape index (κ1) is 17.9. The molecule has 0 saturated heterocycles. The molecule has 1 aromatic heterocycles. The normalized spacial score (nSPS) is 10.4. The lowest BCUT2D eigenvalue weighted by Gasteiger charge is -2.09. The molecule has 0 spiro atoms. The fourth-order valence-electron chi connectivity index (χ4n) is 2.39. The van der Waals surface area contributed by atoms with Crippen LogP contribution in [0, 0.1) is 5.82 Å². The first-order valence-corrected chi connectivity index (χ1v) is 8.45. The number of anilines is 2. The van der Waals surface area contributed by atoms with Crippen molar-refractivity contribution in [3.63, 3.8) is 0 Å². The molecule has 0 aliphatic heterocycles. The van der Waals surface area contributed by atoms with Crippen LogP contribution < -0.4 is 10.6 Å². The molecule has 3 aromatic rings. The Kier molecular flexibility index (Phi) is 5.81. The van der Waals surface area contributed by atoms with E-state index in [-0.39, 0.29) is 18.1 Å². The number of rotatable bonds is 6. The summed E-state index contributed by atoms with van der Waals surface area (Å²) < 4.78 is 13.6. The van der Waals surface area contributed by atoms with Crippen molar-refractivity contribution in [1.29, 1.82) is 0 Å². The number of benzene rings is 2. The maximum Gasteiger partial charge on any atom is 0.229 e. The summed E-state index contributed by atoms with van der Waals surface area (Å²) >= 11 is 5.83. The van der Waals surface area contributed by atoms with Crippen molar-refractivity contribution >= 4 is 29.0 Å². The topological polar surface area (TPSA) is 54.0 Å². The molecule has 132 valence electrons. The van der Waals surface area contributed by atoms with Gasteiger partial charge in [0.15, 0.2) is 0 Å². The van der Waals surface area contributed by atoms with Gasteiger partial charge in [0, 0.05) is 17.1 Å². The summed E-state index contributed by atoms with van der Waals surface area (Å²) in [5.74, 6) is 0.0475. The lowest BCUT2D eigenvalue weighted by molar-refractivity contribution is -0.115. The van der Waals surface area contributed by atoms with Crippen LogP contribution in [-0.4, -0.2) is 10.9 Å². The van der Waals surface area contributed by atoms with Crippen LogP contribution in [0.3, 0.4) is 0 Å². The summed E-state index contributed by atoms with van der Waals surface area (Å²) in [4.78, 5) is 16.3. The van der Waals surface area contributed by atoms with Crippen LogP contribution >= 0.6 is 11.6 Å². The second-order valence-electron chi connectivity index (χ2n) is 5.73. The standard InChI is InChI=1S/C20H17ClFN3O/c21-16-7-5-14(6-8-16)11-20(26)25-19-10-9-17(13-24-19)23-12-15-3-1-2-4-18(15)22/h1-10,13,23H,11-12H2,(H,24,25,26). The van der Waals surface area contributed by atoms with Crippen molar-refractivity contribution in [3.05, 3.63) is 88.8 Å². The number of amides is 1. The molecule has 0 atom stereocenters. The predicted octanol–water partition coefficient (Wildman–Crippen LogP) is 4.67. The van der Waals surface area contributed by atoms with Gasteiger partial charge in [0.25, 0.3) is 0 Å². The van der Waals surface area contributed by atoms with E-state index in [1.54, 1.807) is 48.7 Å². The third-order valence-corrected chi connectivity index (χ3v) is 4.00. The highest BCUT2D eigenvalue weighted by Crippen LogP contribution is 2.14. The van der Waals surface area contributed by atoms with Crippen LogP contribution in [0.5, 0.6) is 0 Å². The average Bonchev–Trinajstić information content (AvgIpc) is 2.64. The van der Waals surface area contributed by atoms with Crippen LogP contribution in [0.4, 0.5) is 15.9 Å². The highest BCUT2D eigenvalue weighted by atomic mass is 35.5. The molecule has 6 heteroatoms. The Morgan fingerprint density at radius 3 is 2.50 bits per heavy atom. The lowest BCUT2D eigenvalue weighted by atomic mass is 10.1.